The Bertz CT molecular complexity index is 637. The summed E-state index contributed by atoms with van der Waals surface area (Å²) in [6.07, 6.45) is 3.38. The normalized spacial score (nSPS) is 16.7. The molecule has 0 spiro atoms. The highest BCUT2D eigenvalue weighted by molar-refractivity contribution is 14.1. The summed E-state index contributed by atoms with van der Waals surface area (Å²) in [6.45, 7) is 4.03. The molecule has 0 radical (unpaired) electrons. The van der Waals surface area contributed by atoms with Crippen molar-refractivity contribution >= 4 is 67.5 Å². The number of halogens is 2. The van der Waals surface area contributed by atoms with E-state index in [1.807, 2.05) is 12.1 Å². The molecule has 1 aliphatic heterocycles. The lowest BCUT2D eigenvalue weighted by molar-refractivity contribution is -0.121. The summed E-state index contributed by atoms with van der Waals surface area (Å²) < 4.78 is 7.27. The third-order valence-electron chi connectivity index (χ3n) is 2.65. The van der Waals surface area contributed by atoms with E-state index >= 15 is 0 Å². The molecule has 4 nitrogen and oxygen atoms in total. The number of benzene rings is 1. The summed E-state index contributed by atoms with van der Waals surface area (Å²) in [5.74, 6) is 0.458. The largest absolute Gasteiger partial charge is 0.487 e. The Balaban J connectivity index is 2.32. The van der Waals surface area contributed by atoms with Gasteiger partial charge in [-0.2, -0.15) is 0 Å². The van der Waals surface area contributed by atoms with Gasteiger partial charge in [0.15, 0.2) is 0 Å². The molecule has 0 unspecified atom stereocenters. The topological polar surface area (TPSA) is 46.6 Å². The summed E-state index contributed by atoms with van der Waals surface area (Å²) >= 11 is 6.56. The third-order valence-corrected chi connectivity index (χ3v) is 5.00. The zero-order chi connectivity index (χ0) is 15.6. The molecule has 1 heterocycles. The van der Waals surface area contributed by atoms with Gasteiger partial charge in [-0.15, -0.1) is 0 Å². The van der Waals surface area contributed by atoms with E-state index in [0.29, 0.717) is 11.5 Å². The van der Waals surface area contributed by atoms with E-state index in [1.165, 1.54) is 7.05 Å². The second kappa shape index (κ2) is 6.97. The number of imide groups is 1. The lowest BCUT2D eigenvalue weighted by Crippen LogP contribution is -2.22. The number of hydrogen-bond acceptors (Lipinski definition) is 4. The molecule has 0 bridgehead atoms. The SMILES string of the molecule is C=CCOc1c(Br)cc(/C=C2\SC(=O)N(C)C2=O)cc1I. The molecule has 0 atom stereocenters. The number of ether oxygens (including phenoxy) is 1. The maximum Gasteiger partial charge on any atom is 0.293 e. The number of nitrogens with zero attached hydrogens (tertiary/aromatic N) is 1. The average molecular weight is 480 g/mol. The first kappa shape index (κ1) is 16.6. The van der Waals surface area contributed by atoms with E-state index in [9.17, 15) is 9.59 Å². The van der Waals surface area contributed by atoms with Crippen LogP contribution in [-0.4, -0.2) is 29.7 Å². The maximum atomic E-state index is 11.9. The van der Waals surface area contributed by atoms with Crippen LogP contribution in [0.2, 0.25) is 0 Å². The van der Waals surface area contributed by atoms with Gasteiger partial charge in [0, 0.05) is 7.05 Å². The van der Waals surface area contributed by atoms with Gasteiger partial charge in [-0.25, -0.2) is 0 Å². The van der Waals surface area contributed by atoms with E-state index in [-0.39, 0.29) is 11.1 Å². The predicted molar refractivity (Wildman–Crippen MR) is 96.3 cm³/mol. The standard InChI is InChI=1S/C14H11BrINO3S/c1-3-4-20-12-9(15)5-8(6-10(12)16)7-11-13(18)17(2)14(19)21-11/h3,5-7H,1,4H2,2H3/b11-7-. The number of carbonyl (C=O) groups is 2. The van der Waals surface area contributed by atoms with Crippen LogP contribution >= 0.6 is 50.3 Å². The van der Waals surface area contributed by atoms with E-state index in [1.54, 1.807) is 12.2 Å². The minimum absolute atomic E-state index is 0.258. The van der Waals surface area contributed by atoms with Gasteiger partial charge in [-0.1, -0.05) is 12.7 Å². The van der Waals surface area contributed by atoms with E-state index in [2.05, 4.69) is 45.1 Å². The Hall–Kier alpha value is -0.800. The quantitative estimate of drug-likeness (QED) is 0.367. The summed E-state index contributed by atoms with van der Waals surface area (Å²) in [7, 11) is 1.48. The molecule has 0 saturated carbocycles. The van der Waals surface area contributed by atoms with Gasteiger partial charge in [0.25, 0.3) is 11.1 Å². The molecule has 1 aromatic rings. The number of hydrogen-bond donors (Lipinski definition) is 0. The fourth-order valence-electron chi connectivity index (χ4n) is 1.64. The van der Waals surface area contributed by atoms with Gasteiger partial charge < -0.3 is 4.74 Å². The highest BCUT2D eigenvalue weighted by atomic mass is 127. The Morgan fingerprint density at radius 2 is 2.19 bits per heavy atom. The lowest BCUT2D eigenvalue weighted by atomic mass is 10.2. The molecule has 0 aliphatic carbocycles. The smallest absolute Gasteiger partial charge is 0.293 e. The van der Waals surface area contributed by atoms with Crippen LogP contribution in [0.1, 0.15) is 5.56 Å². The van der Waals surface area contributed by atoms with Crippen LogP contribution in [0.3, 0.4) is 0 Å². The molecule has 21 heavy (non-hydrogen) atoms. The molecule has 7 heteroatoms. The molecule has 1 aromatic carbocycles. The first-order chi connectivity index (χ1) is 9.93. The molecule has 1 fully saturated rings. The summed E-state index contributed by atoms with van der Waals surface area (Å²) in [6, 6.07) is 3.75. The molecule has 110 valence electrons. The molecular weight excluding hydrogens is 469 g/mol. The van der Waals surface area contributed by atoms with Crippen LogP contribution in [0.25, 0.3) is 6.08 Å². The van der Waals surface area contributed by atoms with Crippen LogP contribution in [0.4, 0.5) is 4.79 Å². The number of amides is 2. The Morgan fingerprint density at radius 1 is 1.48 bits per heavy atom. The molecule has 0 N–H and O–H groups in total. The van der Waals surface area contributed by atoms with Gasteiger partial charge in [0.1, 0.15) is 12.4 Å². The molecule has 1 saturated heterocycles. The summed E-state index contributed by atoms with van der Waals surface area (Å²) in [4.78, 5) is 24.9. The van der Waals surface area contributed by atoms with Crippen molar-refractivity contribution in [1.29, 1.82) is 0 Å². The first-order valence-electron chi connectivity index (χ1n) is 5.88. The van der Waals surface area contributed by atoms with Crippen LogP contribution in [0, 0.1) is 3.57 Å². The fourth-order valence-corrected chi connectivity index (χ4v) is 4.24. The van der Waals surface area contributed by atoms with Gasteiger partial charge in [0.2, 0.25) is 0 Å². The lowest BCUT2D eigenvalue weighted by Gasteiger charge is -2.09. The molecule has 1 aliphatic rings. The van der Waals surface area contributed by atoms with Crippen molar-refractivity contribution in [3.63, 3.8) is 0 Å². The zero-order valence-corrected chi connectivity index (χ0v) is 15.6. The minimum Gasteiger partial charge on any atom is -0.487 e. The van der Waals surface area contributed by atoms with E-state index in [0.717, 1.165) is 36.0 Å². The molecule has 2 amide bonds. The highest BCUT2D eigenvalue weighted by Gasteiger charge is 2.31. The van der Waals surface area contributed by atoms with Gasteiger partial charge >= 0.3 is 0 Å². The van der Waals surface area contributed by atoms with Crippen molar-refractivity contribution in [2.24, 2.45) is 0 Å². The van der Waals surface area contributed by atoms with Crippen molar-refractivity contribution in [3.05, 3.63) is 43.3 Å². The second-order valence-electron chi connectivity index (χ2n) is 4.15. The minimum atomic E-state index is -0.275. The number of thioether (sulfide) groups is 1. The fraction of sp³-hybridized carbons (Fsp3) is 0.143. The first-order valence-corrected chi connectivity index (χ1v) is 8.57. The van der Waals surface area contributed by atoms with E-state index in [4.69, 9.17) is 4.74 Å². The average Bonchev–Trinajstić information content (AvgIpc) is 2.65. The van der Waals surface area contributed by atoms with Gasteiger partial charge in [0.05, 0.1) is 12.9 Å². The maximum absolute atomic E-state index is 11.9. The molecule has 2 rings (SSSR count). The number of likely N-dealkylation sites (N-methyl/N-ethyl adjacent to an activating group) is 1. The Kier molecular flexibility index (Phi) is 5.50. The Labute approximate surface area is 148 Å². The van der Waals surface area contributed by atoms with Crippen LogP contribution in [0.15, 0.2) is 34.2 Å². The van der Waals surface area contributed by atoms with Crippen molar-refractivity contribution in [2.45, 2.75) is 0 Å². The van der Waals surface area contributed by atoms with Crippen molar-refractivity contribution in [2.75, 3.05) is 13.7 Å². The molecular formula is C14H11BrINO3S. The van der Waals surface area contributed by atoms with Crippen molar-refractivity contribution < 1.29 is 14.3 Å². The second-order valence-corrected chi connectivity index (χ2v) is 7.16. The summed E-state index contributed by atoms with van der Waals surface area (Å²) in [5, 5.41) is -0.258. The summed E-state index contributed by atoms with van der Waals surface area (Å²) in [5.41, 5.74) is 0.830. The predicted octanol–water partition coefficient (Wildman–Crippen LogP) is 4.28. The third kappa shape index (κ3) is 3.70. The molecule has 0 aromatic heterocycles. The number of carbonyl (C=O) groups excluding carboxylic acids is 2. The van der Waals surface area contributed by atoms with Crippen LogP contribution in [0.5, 0.6) is 5.75 Å². The van der Waals surface area contributed by atoms with Gasteiger partial charge in [-0.05, 0) is 74.1 Å². The monoisotopic (exact) mass is 479 g/mol. The van der Waals surface area contributed by atoms with Crippen molar-refractivity contribution in [1.82, 2.24) is 4.90 Å². The Morgan fingerprint density at radius 3 is 2.71 bits per heavy atom. The van der Waals surface area contributed by atoms with Crippen LogP contribution < -0.4 is 4.74 Å². The zero-order valence-electron chi connectivity index (χ0n) is 11.1. The number of rotatable bonds is 4. The van der Waals surface area contributed by atoms with Crippen molar-refractivity contribution in [3.8, 4) is 5.75 Å². The van der Waals surface area contributed by atoms with Crippen LogP contribution in [-0.2, 0) is 4.79 Å². The van der Waals surface area contributed by atoms with Gasteiger partial charge in [-0.3, -0.25) is 14.5 Å². The van der Waals surface area contributed by atoms with E-state index < -0.39 is 0 Å². The highest BCUT2D eigenvalue weighted by Crippen LogP contribution is 2.35.